The maximum Gasteiger partial charge on any atom is -0.0676 e. The van der Waals surface area contributed by atoms with Crippen LogP contribution in [0.4, 0.5) is 0 Å². The molecule has 0 bridgehead atoms. The molecule has 0 N–H and O–H groups in total. The van der Waals surface area contributed by atoms with Crippen LogP contribution in [0.25, 0.3) is 0 Å². The van der Waals surface area contributed by atoms with Crippen LogP contribution in [0.2, 0.25) is 0 Å². The molecule has 0 saturated heterocycles. The van der Waals surface area contributed by atoms with Gasteiger partial charge >= 0.3 is 0 Å². The summed E-state index contributed by atoms with van der Waals surface area (Å²) in [4.78, 5) is 0. The molecule has 0 aromatic heterocycles. The van der Waals surface area contributed by atoms with Gasteiger partial charge in [-0.2, -0.15) is 11.8 Å². The van der Waals surface area contributed by atoms with Gasteiger partial charge in [-0.3, -0.25) is 0 Å². The van der Waals surface area contributed by atoms with Gasteiger partial charge in [0.25, 0.3) is 0 Å². The Bertz CT molecular complexity index is 56.4. The van der Waals surface area contributed by atoms with Crippen LogP contribution in [0, 0.1) is 25.2 Å². The molecule has 0 nitrogen and oxygen atoms in total. The van der Waals surface area contributed by atoms with Crippen molar-refractivity contribution in [3.8, 4) is 0 Å². The molecule has 0 fully saturated rings. The highest BCUT2D eigenvalue weighted by atomic mass is 14.1. The lowest BCUT2D eigenvalue weighted by atomic mass is 9.95. The molecule has 0 aliphatic heterocycles. The lowest BCUT2D eigenvalue weighted by Crippen LogP contribution is -1.99. The van der Waals surface area contributed by atoms with Crippen molar-refractivity contribution < 1.29 is 0 Å². The number of hydrogen-bond donors (Lipinski definition) is 0. The molecule has 62 valence electrons. The van der Waals surface area contributed by atoms with E-state index in [1.807, 2.05) is 0 Å². The Labute approximate surface area is 66.0 Å². The first-order valence-corrected chi connectivity index (χ1v) is 4.37. The smallest absolute Gasteiger partial charge is 0.0676 e. The second kappa shape index (κ2) is 5.76. The summed E-state index contributed by atoms with van der Waals surface area (Å²) in [6.07, 6.45) is 6.04. The molecule has 10 heavy (non-hydrogen) atoms. The van der Waals surface area contributed by atoms with Crippen molar-refractivity contribution in [2.75, 3.05) is 0 Å². The predicted octanol–water partition coefficient (Wildman–Crippen LogP) is 3.49. The molecule has 0 radical (unpaired) electrons. The summed E-state index contributed by atoms with van der Waals surface area (Å²) in [6, 6.07) is 0. The van der Waals surface area contributed by atoms with Crippen LogP contribution in [0.15, 0.2) is 0 Å². The molecule has 0 heterocycles. The quantitative estimate of drug-likeness (QED) is 0.513. The predicted molar refractivity (Wildman–Crippen MR) is 47.5 cm³/mol. The summed E-state index contributed by atoms with van der Waals surface area (Å²) < 4.78 is 0. The topological polar surface area (TPSA) is 0 Å². The van der Waals surface area contributed by atoms with E-state index >= 15 is 0 Å². The Morgan fingerprint density at radius 1 is 1.30 bits per heavy atom. The standard InChI is InChI=1S/C10H20/c1-5-9(3)7-8-10(4)6-2/h8-10H,3,5-7H2,1-2,4H3/q-2. The fraction of sp³-hybridized carbons (Fsp3) is 0.800. The zero-order valence-corrected chi connectivity index (χ0v) is 7.56. The Hall–Kier alpha value is 0. The van der Waals surface area contributed by atoms with Crippen molar-refractivity contribution >= 4 is 0 Å². The first kappa shape index (κ1) is 10.0. The molecular formula is C10H20-2. The SMILES string of the molecule is [CH2-]C(CC)C[CH-]C(C)CC. The average molecular weight is 140 g/mol. The van der Waals surface area contributed by atoms with Crippen molar-refractivity contribution in [2.24, 2.45) is 11.8 Å². The van der Waals surface area contributed by atoms with Crippen molar-refractivity contribution in [3.63, 3.8) is 0 Å². The summed E-state index contributed by atoms with van der Waals surface area (Å²) in [5.41, 5.74) is 0. The van der Waals surface area contributed by atoms with E-state index in [2.05, 4.69) is 34.1 Å². The molecule has 0 aliphatic rings. The molecule has 0 spiro atoms. The third-order valence-corrected chi connectivity index (χ3v) is 2.09. The van der Waals surface area contributed by atoms with E-state index in [1.165, 1.54) is 19.3 Å². The number of hydrogen-bond acceptors (Lipinski definition) is 0. The lowest BCUT2D eigenvalue weighted by Gasteiger charge is -2.26. The van der Waals surface area contributed by atoms with Crippen LogP contribution in [0.3, 0.4) is 0 Å². The summed E-state index contributed by atoms with van der Waals surface area (Å²) in [7, 11) is 0. The zero-order valence-electron chi connectivity index (χ0n) is 7.56. The number of rotatable bonds is 5. The zero-order chi connectivity index (χ0) is 7.98. The van der Waals surface area contributed by atoms with Gasteiger partial charge in [-0.15, -0.1) is 0 Å². The van der Waals surface area contributed by atoms with E-state index in [0.29, 0.717) is 5.92 Å². The van der Waals surface area contributed by atoms with Gasteiger partial charge in [-0.25, -0.2) is 6.42 Å². The normalized spacial score (nSPS) is 16.8. The van der Waals surface area contributed by atoms with Gasteiger partial charge in [0.1, 0.15) is 0 Å². The third kappa shape index (κ3) is 4.84. The summed E-state index contributed by atoms with van der Waals surface area (Å²) in [5.74, 6) is 1.41. The van der Waals surface area contributed by atoms with Crippen molar-refractivity contribution in [1.82, 2.24) is 0 Å². The third-order valence-electron chi connectivity index (χ3n) is 2.09. The maximum atomic E-state index is 4.03. The molecule has 0 rings (SSSR count). The Kier molecular flexibility index (Phi) is 5.76. The Morgan fingerprint density at radius 2 is 1.90 bits per heavy atom. The minimum atomic E-state index is 0.633. The summed E-state index contributed by atoms with van der Waals surface area (Å²) in [6.45, 7) is 10.7. The fourth-order valence-electron chi connectivity index (χ4n) is 0.758. The molecule has 2 atom stereocenters. The van der Waals surface area contributed by atoms with E-state index in [-0.39, 0.29) is 0 Å². The van der Waals surface area contributed by atoms with E-state index in [0.717, 1.165) is 5.92 Å². The van der Waals surface area contributed by atoms with Gasteiger partial charge in [0.2, 0.25) is 0 Å². The van der Waals surface area contributed by atoms with Crippen LogP contribution in [0.5, 0.6) is 0 Å². The van der Waals surface area contributed by atoms with Crippen LogP contribution < -0.4 is 0 Å². The van der Waals surface area contributed by atoms with Crippen LogP contribution in [-0.2, 0) is 0 Å². The molecule has 0 saturated carbocycles. The minimum Gasteiger partial charge on any atom is -0.343 e. The second-order valence-electron chi connectivity index (χ2n) is 3.13. The molecular weight excluding hydrogens is 120 g/mol. The van der Waals surface area contributed by atoms with Crippen LogP contribution >= 0.6 is 0 Å². The van der Waals surface area contributed by atoms with E-state index in [1.54, 1.807) is 0 Å². The second-order valence-corrected chi connectivity index (χ2v) is 3.13. The molecule has 0 amide bonds. The van der Waals surface area contributed by atoms with Gasteiger partial charge in [-0.1, -0.05) is 33.6 Å². The van der Waals surface area contributed by atoms with Gasteiger partial charge in [0, 0.05) is 0 Å². The highest BCUT2D eigenvalue weighted by Gasteiger charge is 1.88. The van der Waals surface area contributed by atoms with Crippen molar-refractivity contribution in [3.05, 3.63) is 13.3 Å². The first-order valence-electron chi connectivity index (χ1n) is 4.37. The Morgan fingerprint density at radius 3 is 2.30 bits per heavy atom. The fourth-order valence-corrected chi connectivity index (χ4v) is 0.758. The largest absolute Gasteiger partial charge is 0.343 e. The lowest BCUT2D eigenvalue weighted by molar-refractivity contribution is 0.537. The highest BCUT2D eigenvalue weighted by molar-refractivity contribution is 4.76. The van der Waals surface area contributed by atoms with E-state index in [9.17, 15) is 0 Å². The molecule has 0 aliphatic carbocycles. The minimum absolute atomic E-state index is 0.633. The maximum absolute atomic E-state index is 4.03. The van der Waals surface area contributed by atoms with E-state index in [4.69, 9.17) is 0 Å². The van der Waals surface area contributed by atoms with Gasteiger partial charge in [0.15, 0.2) is 0 Å². The van der Waals surface area contributed by atoms with E-state index < -0.39 is 0 Å². The molecule has 0 aromatic rings. The van der Waals surface area contributed by atoms with Crippen LogP contribution in [-0.4, -0.2) is 0 Å². The summed E-state index contributed by atoms with van der Waals surface area (Å²) in [5, 5.41) is 0. The Balaban J connectivity index is 3.17. The first-order chi connectivity index (χ1) is 4.70. The molecule has 0 aromatic carbocycles. The van der Waals surface area contributed by atoms with Gasteiger partial charge < -0.3 is 13.3 Å². The van der Waals surface area contributed by atoms with Crippen LogP contribution in [0.1, 0.15) is 40.0 Å². The van der Waals surface area contributed by atoms with Gasteiger partial charge in [0.05, 0.1) is 0 Å². The highest BCUT2D eigenvalue weighted by Crippen LogP contribution is 2.14. The van der Waals surface area contributed by atoms with Gasteiger partial charge in [-0.05, 0) is 0 Å². The average Bonchev–Trinajstić information content (AvgIpc) is 1.99. The molecule has 0 heteroatoms. The van der Waals surface area contributed by atoms with Crippen molar-refractivity contribution in [2.45, 2.75) is 40.0 Å². The molecule has 2 unspecified atom stereocenters. The summed E-state index contributed by atoms with van der Waals surface area (Å²) >= 11 is 0. The monoisotopic (exact) mass is 140 g/mol. The van der Waals surface area contributed by atoms with Crippen molar-refractivity contribution in [1.29, 1.82) is 0 Å².